The van der Waals surface area contributed by atoms with E-state index in [0.29, 0.717) is 10.8 Å². The number of rotatable bonds is 3. The summed E-state index contributed by atoms with van der Waals surface area (Å²) >= 11 is 4.71. The van der Waals surface area contributed by atoms with Crippen molar-refractivity contribution in [1.29, 1.82) is 0 Å². The molecule has 18 heavy (non-hydrogen) atoms. The number of halogens is 2. The van der Waals surface area contributed by atoms with Crippen molar-refractivity contribution < 1.29 is 4.39 Å². The van der Waals surface area contributed by atoms with Crippen LogP contribution < -0.4 is 0 Å². The molecule has 1 aliphatic rings. The lowest BCUT2D eigenvalue weighted by Crippen LogP contribution is -1.94. The third-order valence-corrected chi connectivity index (χ3v) is 4.06. The topological polar surface area (TPSA) is 25.8 Å². The molecule has 0 amide bonds. The Kier molecular flexibility index (Phi) is 3.35. The van der Waals surface area contributed by atoms with Gasteiger partial charge in [0.1, 0.15) is 21.3 Å². The van der Waals surface area contributed by atoms with Crippen LogP contribution in [0.25, 0.3) is 0 Å². The zero-order valence-corrected chi connectivity index (χ0v) is 11.8. The Balaban J connectivity index is 1.90. The van der Waals surface area contributed by atoms with Gasteiger partial charge in [-0.15, -0.1) is 0 Å². The standard InChI is InChI=1S/C13H10BrFN2S/c14-11-7-12(17-13(16-11)8-5-6-8)18-10-4-2-1-3-9(10)15/h1-4,7-8H,5-6H2. The highest BCUT2D eigenvalue weighted by Gasteiger charge is 2.27. The predicted octanol–water partition coefficient (Wildman–Crippen LogP) is 4.41. The van der Waals surface area contributed by atoms with Crippen LogP contribution in [0, 0.1) is 5.82 Å². The molecular weight excluding hydrogens is 315 g/mol. The summed E-state index contributed by atoms with van der Waals surface area (Å²) < 4.78 is 14.3. The molecule has 0 atom stereocenters. The Bertz CT molecular complexity index is 587. The van der Waals surface area contributed by atoms with Crippen molar-refractivity contribution in [2.75, 3.05) is 0 Å². The smallest absolute Gasteiger partial charge is 0.137 e. The van der Waals surface area contributed by atoms with E-state index in [-0.39, 0.29) is 5.82 Å². The highest BCUT2D eigenvalue weighted by Crippen LogP contribution is 2.39. The number of hydrogen-bond donors (Lipinski definition) is 0. The van der Waals surface area contributed by atoms with Crippen molar-refractivity contribution in [1.82, 2.24) is 9.97 Å². The zero-order chi connectivity index (χ0) is 12.5. The highest BCUT2D eigenvalue weighted by molar-refractivity contribution is 9.10. The summed E-state index contributed by atoms with van der Waals surface area (Å²) in [5.41, 5.74) is 0. The minimum Gasteiger partial charge on any atom is -0.226 e. The van der Waals surface area contributed by atoms with Gasteiger partial charge in [-0.2, -0.15) is 0 Å². The van der Waals surface area contributed by atoms with Crippen molar-refractivity contribution in [3.8, 4) is 0 Å². The van der Waals surface area contributed by atoms with Crippen LogP contribution in [0.15, 0.2) is 44.9 Å². The summed E-state index contributed by atoms with van der Waals surface area (Å²) in [5.74, 6) is 1.14. The molecule has 5 heteroatoms. The maximum atomic E-state index is 13.6. The lowest BCUT2D eigenvalue weighted by atomic mass is 10.3. The second kappa shape index (κ2) is 4.97. The number of benzene rings is 1. The Morgan fingerprint density at radius 2 is 2.00 bits per heavy atom. The fourth-order valence-electron chi connectivity index (χ4n) is 1.63. The minimum absolute atomic E-state index is 0.217. The van der Waals surface area contributed by atoms with Crippen molar-refractivity contribution >= 4 is 27.7 Å². The Labute approximate surface area is 117 Å². The first kappa shape index (κ1) is 12.1. The van der Waals surface area contributed by atoms with E-state index in [1.807, 2.05) is 12.1 Å². The molecule has 2 aromatic rings. The van der Waals surface area contributed by atoms with Crippen LogP contribution in [-0.2, 0) is 0 Å². The number of hydrogen-bond acceptors (Lipinski definition) is 3. The highest BCUT2D eigenvalue weighted by atomic mass is 79.9. The van der Waals surface area contributed by atoms with Gasteiger partial charge in [-0.3, -0.25) is 0 Å². The van der Waals surface area contributed by atoms with E-state index in [9.17, 15) is 4.39 Å². The fraction of sp³-hybridized carbons (Fsp3) is 0.231. The largest absolute Gasteiger partial charge is 0.226 e. The van der Waals surface area contributed by atoms with Gasteiger partial charge in [-0.25, -0.2) is 14.4 Å². The van der Waals surface area contributed by atoms with E-state index in [1.54, 1.807) is 12.1 Å². The van der Waals surface area contributed by atoms with Gasteiger partial charge in [0.2, 0.25) is 0 Å². The number of nitrogens with zero attached hydrogens (tertiary/aromatic N) is 2. The summed E-state index contributed by atoms with van der Waals surface area (Å²) in [4.78, 5) is 9.43. The normalized spacial score (nSPS) is 14.8. The van der Waals surface area contributed by atoms with E-state index in [1.165, 1.54) is 17.8 Å². The van der Waals surface area contributed by atoms with Gasteiger partial charge < -0.3 is 0 Å². The molecule has 2 nitrogen and oxygen atoms in total. The van der Waals surface area contributed by atoms with Gasteiger partial charge in [0.25, 0.3) is 0 Å². The van der Waals surface area contributed by atoms with Gasteiger partial charge in [-0.05, 0) is 40.9 Å². The average molecular weight is 325 g/mol. The average Bonchev–Trinajstić information content (AvgIpc) is 3.15. The molecule has 3 rings (SSSR count). The first-order valence-corrected chi connectivity index (χ1v) is 7.30. The maximum Gasteiger partial charge on any atom is 0.137 e. The van der Waals surface area contributed by atoms with Gasteiger partial charge in [-0.1, -0.05) is 23.9 Å². The second-order valence-corrected chi connectivity index (χ2v) is 6.07. The number of aromatic nitrogens is 2. The molecule has 0 radical (unpaired) electrons. The molecule has 0 saturated heterocycles. The molecule has 92 valence electrons. The second-order valence-electron chi connectivity index (χ2n) is 4.19. The third kappa shape index (κ3) is 2.72. The summed E-state index contributed by atoms with van der Waals surface area (Å²) in [6, 6.07) is 8.55. The van der Waals surface area contributed by atoms with E-state index in [2.05, 4.69) is 25.9 Å². The molecule has 0 bridgehead atoms. The zero-order valence-electron chi connectivity index (χ0n) is 9.44. The van der Waals surface area contributed by atoms with E-state index >= 15 is 0 Å². The molecule has 0 unspecified atom stereocenters. The van der Waals surface area contributed by atoms with Crippen LogP contribution >= 0.6 is 27.7 Å². The maximum absolute atomic E-state index is 13.6. The van der Waals surface area contributed by atoms with E-state index < -0.39 is 0 Å². The fourth-order valence-corrected chi connectivity index (χ4v) is 3.03. The molecular formula is C13H10BrFN2S. The Hall–Kier alpha value is -0.940. The first-order chi connectivity index (χ1) is 8.72. The van der Waals surface area contributed by atoms with Gasteiger partial charge in [0.15, 0.2) is 0 Å². The molecule has 1 aromatic heterocycles. The van der Waals surface area contributed by atoms with Crippen LogP contribution in [0.2, 0.25) is 0 Å². The molecule has 0 aliphatic heterocycles. The lowest BCUT2D eigenvalue weighted by Gasteiger charge is -2.05. The molecule has 1 saturated carbocycles. The van der Waals surface area contributed by atoms with E-state index in [0.717, 1.165) is 28.3 Å². The van der Waals surface area contributed by atoms with Crippen LogP contribution in [0.3, 0.4) is 0 Å². The van der Waals surface area contributed by atoms with Crippen LogP contribution in [0.4, 0.5) is 4.39 Å². The molecule has 1 aromatic carbocycles. The van der Waals surface area contributed by atoms with Crippen molar-refractivity contribution in [2.45, 2.75) is 28.7 Å². The molecule has 0 N–H and O–H groups in total. The monoisotopic (exact) mass is 324 g/mol. The van der Waals surface area contributed by atoms with Crippen LogP contribution in [0.1, 0.15) is 24.6 Å². The van der Waals surface area contributed by atoms with Gasteiger partial charge >= 0.3 is 0 Å². The van der Waals surface area contributed by atoms with E-state index in [4.69, 9.17) is 0 Å². The third-order valence-electron chi connectivity index (χ3n) is 2.68. The van der Waals surface area contributed by atoms with Crippen LogP contribution in [0.5, 0.6) is 0 Å². The van der Waals surface area contributed by atoms with Gasteiger partial charge in [0, 0.05) is 16.9 Å². The molecule has 0 spiro atoms. The molecule has 1 heterocycles. The Morgan fingerprint density at radius 1 is 1.22 bits per heavy atom. The summed E-state index contributed by atoms with van der Waals surface area (Å²) in [6.45, 7) is 0. The minimum atomic E-state index is -0.217. The van der Waals surface area contributed by atoms with Crippen molar-refractivity contribution in [3.63, 3.8) is 0 Å². The molecule has 1 fully saturated rings. The molecule has 1 aliphatic carbocycles. The first-order valence-electron chi connectivity index (χ1n) is 5.69. The predicted molar refractivity (Wildman–Crippen MR) is 72.2 cm³/mol. The Morgan fingerprint density at radius 3 is 2.72 bits per heavy atom. The SMILES string of the molecule is Fc1ccccc1Sc1cc(Br)nc(C2CC2)n1. The summed E-state index contributed by atoms with van der Waals surface area (Å²) in [7, 11) is 0. The quantitative estimate of drug-likeness (QED) is 0.782. The van der Waals surface area contributed by atoms with Crippen LogP contribution in [-0.4, -0.2) is 9.97 Å². The summed E-state index contributed by atoms with van der Waals surface area (Å²) in [6.07, 6.45) is 2.31. The summed E-state index contributed by atoms with van der Waals surface area (Å²) in [5, 5.41) is 0.781. The van der Waals surface area contributed by atoms with Gasteiger partial charge in [0.05, 0.1) is 0 Å². The van der Waals surface area contributed by atoms with Crippen molar-refractivity contribution in [3.05, 3.63) is 46.6 Å². The van der Waals surface area contributed by atoms with Crippen molar-refractivity contribution in [2.24, 2.45) is 0 Å². The lowest BCUT2D eigenvalue weighted by molar-refractivity contribution is 0.602.